The SMILES string of the molecule is COC(=O)CCc1nccc(-c2cc(Br)ccc2F)n1. The lowest BCUT2D eigenvalue weighted by molar-refractivity contribution is -0.140. The Kier molecular flexibility index (Phi) is 4.79. The van der Waals surface area contributed by atoms with Gasteiger partial charge in [0.15, 0.2) is 0 Å². The van der Waals surface area contributed by atoms with Crippen LogP contribution in [0.25, 0.3) is 11.3 Å². The van der Waals surface area contributed by atoms with Crippen molar-refractivity contribution in [1.29, 1.82) is 0 Å². The van der Waals surface area contributed by atoms with Crippen LogP contribution in [-0.4, -0.2) is 23.0 Å². The summed E-state index contributed by atoms with van der Waals surface area (Å²) in [6.45, 7) is 0. The normalized spacial score (nSPS) is 10.3. The molecule has 1 aromatic carbocycles. The van der Waals surface area contributed by atoms with E-state index in [1.165, 1.54) is 13.2 Å². The van der Waals surface area contributed by atoms with Crippen molar-refractivity contribution < 1.29 is 13.9 Å². The van der Waals surface area contributed by atoms with Crippen molar-refractivity contribution in [2.45, 2.75) is 12.8 Å². The van der Waals surface area contributed by atoms with E-state index >= 15 is 0 Å². The molecule has 6 heteroatoms. The molecule has 0 spiro atoms. The van der Waals surface area contributed by atoms with E-state index in [9.17, 15) is 9.18 Å². The van der Waals surface area contributed by atoms with Crippen LogP contribution in [0.5, 0.6) is 0 Å². The highest BCUT2D eigenvalue weighted by Crippen LogP contribution is 2.24. The van der Waals surface area contributed by atoms with Gasteiger partial charge in [-0.2, -0.15) is 0 Å². The van der Waals surface area contributed by atoms with Gasteiger partial charge in [0.2, 0.25) is 0 Å². The summed E-state index contributed by atoms with van der Waals surface area (Å²) in [7, 11) is 1.33. The number of hydrogen-bond donors (Lipinski definition) is 0. The molecule has 0 N–H and O–H groups in total. The van der Waals surface area contributed by atoms with E-state index in [-0.39, 0.29) is 18.2 Å². The monoisotopic (exact) mass is 338 g/mol. The molecule has 0 saturated heterocycles. The Bertz CT molecular complexity index is 634. The van der Waals surface area contributed by atoms with Crippen LogP contribution in [0.4, 0.5) is 4.39 Å². The Morgan fingerprint density at radius 1 is 1.40 bits per heavy atom. The second-order valence-electron chi connectivity index (χ2n) is 4.06. The fraction of sp³-hybridized carbons (Fsp3) is 0.214. The number of methoxy groups -OCH3 is 1. The summed E-state index contributed by atoms with van der Waals surface area (Å²) < 4.78 is 19.1. The molecule has 0 bridgehead atoms. The predicted molar refractivity (Wildman–Crippen MR) is 75.5 cm³/mol. The van der Waals surface area contributed by atoms with Gasteiger partial charge in [-0.3, -0.25) is 4.79 Å². The maximum Gasteiger partial charge on any atom is 0.305 e. The van der Waals surface area contributed by atoms with Crippen molar-refractivity contribution >= 4 is 21.9 Å². The molecule has 0 aliphatic rings. The molecule has 0 unspecified atom stereocenters. The van der Waals surface area contributed by atoms with Crippen molar-refractivity contribution in [2.24, 2.45) is 0 Å². The van der Waals surface area contributed by atoms with E-state index in [0.717, 1.165) is 4.47 Å². The van der Waals surface area contributed by atoms with Gasteiger partial charge in [-0.05, 0) is 24.3 Å². The molecular formula is C14H12BrFN2O2. The number of rotatable bonds is 4. The Morgan fingerprint density at radius 2 is 2.20 bits per heavy atom. The quantitative estimate of drug-likeness (QED) is 0.803. The van der Waals surface area contributed by atoms with Gasteiger partial charge in [-0.25, -0.2) is 14.4 Å². The first-order valence-electron chi connectivity index (χ1n) is 5.94. The molecule has 1 heterocycles. The average Bonchev–Trinajstić information content (AvgIpc) is 2.47. The van der Waals surface area contributed by atoms with Gasteiger partial charge < -0.3 is 4.74 Å². The third kappa shape index (κ3) is 3.60. The zero-order valence-electron chi connectivity index (χ0n) is 10.8. The van der Waals surface area contributed by atoms with Gasteiger partial charge in [0.05, 0.1) is 19.2 Å². The molecule has 0 aliphatic carbocycles. The molecule has 0 aliphatic heterocycles. The van der Waals surface area contributed by atoms with E-state index in [0.29, 0.717) is 23.5 Å². The molecule has 0 atom stereocenters. The smallest absolute Gasteiger partial charge is 0.305 e. The minimum absolute atomic E-state index is 0.195. The second kappa shape index (κ2) is 6.56. The lowest BCUT2D eigenvalue weighted by atomic mass is 10.1. The molecule has 4 nitrogen and oxygen atoms in total. The number of esters is 1. The number of halogens is 2. The Balaban J connectivity index is 2.25. The summed E-state index contributed by atoms with van der Waals surface area (Å²) in [5.74, 6) is -0.203. The van der Waals surface area contributed by atoms with Crippen LogP contribution >= 0.6 is 15.9 Å². The van der Waals surface area contributed by atoms with Gasteiger partial charge >= 0.3 is 5.97 Å². The first-order valence-corrected chi connectivity index (χ1v) is 6.73. The number of ether oxygens (including phenoxy) is 1. The number of nitrogens with zero attached hydrogens (tertiary/aromatic N) is 2. The van der Waals surface area contributed by atoms with Gasteiger partial charge in [0, 0.05) is 22.7 Å². The van der Waals surface area contributed by atoms with Gasteiger partial charge in [-0.1, -0.05) is 15.9 Å². The fourth-order valence-electron chi connectivity index (χ4n) is 1.68. The van der Waals surface area contributed by atoms with Crippen LogP contribution < -0.4 is 0 Å². The highest BCUT2D eigenvalue weighted by molar-refractivity contribution is 9.10. The molecule has 104 valence electrons. The molecule has 20 heavy (non-hydrogen) atoms. The third-order valence-electron chi connectivity index (χ3n) is 2.69. The standard InChI is InChI=1S/C14H12BrFN2O2/c1-20-14(19)5-4-13-17-7-6-12(18-13)10-8-9(15)2-3-11(10)16/h2-3,6-8H,4-5H2,1H3. The van der Waals surface area contributed by atoms with Crippen molar-refractivity contribution in [3.8, 4) is 11.3 Å². The van der Waals surface area contributed by atoms with Crippen LogP contribution in [0.15, 0.2) is 34.9 Å². The minimum Gasteiger partial charge on any atom is -0.469 e. The van der Waals surface area contributed by atoms with Gasteiger partial charge in [0.25, 0.3) is 0 Å². The van der Waals surface area contributed by atoms with Gasteiger partial charge in [0.1, 0.15) is 11.6 Å². The summed E-state index contributed by atoms with van der Waals surface area (Å²) in [4.78, 5) is 19.4. The highest BCUT2D eigenvalue weighted by Gasteiger charge is 2.09. The molecule has 2 aromatic rings. The lowest BCUT2D eigenvalue weighted by Gasteiger charge is -2.05. The summed E-state index contributed by atoms with van der Waals surface area (Å²) >= 11 is 3.30. The van der Waals surface area contributed by atoms with Crippen LogP contribution in [0.3, 0.4) is 0 Å². The average molecular weight is 339 g/mol. The molecule has 0 saturated carbocycles. The zero-order chi connectivity index (χ0) is 14.5. The third-order valence-corrected chi connectivity index (χ3v) is 3.18. The van der Waals surface area contributed by atoms with Crippen molar-refractivity contribution in [1.82, 2.24) is 9.97 Å². The fourth-order valence-corrected chi connectivity index (χ4v) is 2.04. The number of hydrogen-bond acceptors (Lipinski definition) is 4. The summed E-state index contributed by atoms with van der Waals surface area (Å²) in [5.41, 5.74) is 0.875. The topological polar surface area (TPSA) is 52.1 Å². The summed E-state index contributed by atoms with van der Waals surface area (Å²) in [6.07, 6.45) is 2.10. The molecule has 1 aromatic heterocycles. The van der Waals surface area contributed by atoms with Crippen molar-refractivity contribution in [3.63, 3.8) is 0 Å². The van der Waals surface area contributed by atoms with Crippen LogP contribution in [0.2, 0.25) is 0 Å². The molecule has 2 rings (SSSR count). The molecule has 0 fully saturated rings. The van der Waals surface area contributed by atoms with Gasteiger partial charge in [-0.15, -0.1) is 0 Å². The minimum atomic E-state index is -0.356. The van der Waals surface area contributed by atoms with E-state index < -0.39 is 0 Å². The van der Waals surface area contributed by atoms with Crippen LogP contribution in [0.1, 0.15) is 12.2 Å². The number of aryl methyl sites for hydroxylation is 1. The molecular weight excluding hydrogens is 327 g/mol. The molecule has 0 amide bonds. The second-order valence-corrected chi connectivity index (χ2v) is 4.97. The van der Waals surface area contributed by atoms with E-state index in [2.05, 4.69) is 30.6 Å². The Hall–Kier alpha value is -1.82. The van der Waals surface area contributed by atoms with E-state index in [1.54, 1.807) is 24.4 Å². The number of aromatic nitrogens is 2. The number of carbonyl (C=O) groups excluding carboxylic acids is 1. The largest absolute Gasteiger partial charge is 0.469 e. The first-order chi connectivity index (χ1) is 9.60. The molecule has 0 radical (unpaired) electrons. The summed E-state index contributed by atoms with van der Waals surface area (Å²) in [5, 5.41) is 0. The van der Waals surface area contributed by atoms with E-state index in [1.807, 2.05) is 0 Å². The van der Waals surface area contributed by atoms with Crippen molar-refractivity contribution in [2.75, 3.05) is 7.11 Å². The maximum atomic E-state index is 13.8. The van der Waals surface area contributed by atoms with Crippen molar-refractivity contribution in [3.05, 3.63) is 46.6 Å². The predicted octanol–water partition coefficient (Wildman–Crippen LogP) is 3.15. The Morgan fingerprint density at radius 3 is 2.95 bits per heavy atom. The highest BCUT2D eigenvalue weighted by atomic mass is 79.9. The van der Waals surface area contributed by atoms with Crippen LogP contribution in [-0.2, 0) is 16.0 Å². The summed E-state index contributed by atoms with van der Waals surface area (Å²) in [6, 6.07) is 6.28. The van der Waals surface area contributed by atoms with Crippen LogP contribution in [0, 0.1) is 5.82 Å². The van der Waals surface area contributed by atoms with E-state index in [4.69, 9.17) is 0 Å². The Labute approximate surface area is 124 Å². The lowest BCUT2D eigenvalue weighted by Crippen LogP contribution is -2.05. The maximum absolute atomic E-state index is 13.8. The first kappa shape index (κ1) is 14.6. The number of carbonyl (C=O) groups is 1. The zero-order valence-corrected chi connectivity index (χ0v) is 12.4. The number of benzene rings is 1.